The van der Waals surface area contributed by atoms with E-state index < -0.39 is 12.1 Å². The first kappa shape index (κ1) is 20.3. The number of fused-ring (bicyclic) bond motifs is 1. The summed E-state index contributed by atoms with van der Waals surface area (Å²) in [6.07, 6.45) is 6.26. The molecule has 0 saturated carbocycles. The zero-order valence-corrected chi connectivity index (χ0v) is 17.3. The smallest absolute Gasteiger partial charge is 0.336 e. The number of hydrogen-bond donors (Lipinski definition) is 1. The molecule has 7 heteroatoms. The SMILES string of the molecule is COC(=O)C(O)CN1CCC(c2cc3c(cnn3C3CCCCO3)cc2C)CC1. The van der Waals surface area contributed by atoms with Gasteiger partial charge in [0, 0.05) is 18.5 Å². The standard InChI is InChI=1S/C22H31N3O4/c1-15-11-17-13-23-25(21-5-3-4-10-29-21)19(17)12-18(15)16-6-8-24(9-7-16)14-20(26)22(27)28-2/h11-13,16,20-21,26H,3-10,14H2,1-2H3. The Labute approximate surface area is 171 Å². The van der Waals surface area contributed by atoms with E-state index in [1.165, 1.54) is 30.0 Å². The fourth-order valence-corrected chi connectivity index (χ4v) is 4.69. The molecule has 29 heavy (non-hydrogen) atoms. The van der Waals surface area contributed by atoms with E-state index in [1.807, 2.05) is 6.20 Å². The molecule has 0 aliphatic carbocycles. The summed E-state index contributed by atoms with van der Waals surface area (Å²) in [5.41, 5.74) is 3.83. The van der Waals surface area contributed by atoms with Gasteiger partial charge < -0.3 is 19.5 Å². The van der Waals surface area contributed by atoms with Crippen molar-refractivity contribution in [1.29, 1.82) is 0 Å². The third-order valence-electron chi connectivity index (χ3n) is 6.34. The number of aliphatic hydroxyl groups is 1. The number of esters is 1. The lowest BCUT2D eigenvalue weighted by atomic mass is 9.86. The Balaban J connectivity index is 1.48. The van der Waals surface area contributed by atoms with Crippen LogP contribution in [0.15, 0.2) is 18.3 Å². The number of aliphatic hydroxyl groups excluding tert-OH is 1. The van der Waals surface area contributed by atoms with Crippen LogP contribution in [-0.2, 0) is 14.3 Å². The van der Waals surface area contributed by atoms with Crippen LogP contribution in [0.2, 0.25) is 0 Å². The number of benzene rings is 1. The van der Waals surface area contributed by atoms with Crippen LogP contribution in [0.25, 0.3) is 10.9 Å². The van der Waals surface area contributed by atoms with Crippen LogP contribution < -0.4 is 0 Å². The number of ether oxygens (including phenoxy) is 2. The maximum absolute atomic E-state index is 11.5. The van der Waals surface area contributed by atoms with Gasteiger partial charge in [0.25, 0.3) is 0 Å². The second-order valence-corrected chi connectivity index (χ2v) is 8.29. The first-order chi connectivity index (χ1) is 14.1. The third-order valence-corrected chi connectivity index (χ3v) is 6.34. The first-order valence-corrected chi connectivity index (χ1v) is 10.6. The molecule has 2 aliphatic rings. The number of piperidine rings is 1. The van der Waals surface area contributed by atoms with Crippen molar-refractivity contribution in [3.8, 4) is 0 Å². The molecule has 2 aromatic rings. The Morgan fingerprint density at radius 1 is 1.31 bits per heavy atom. The summed E-state index contributed by atoms with van der Waals surface area (Å²) in [5.74, 6) is -0.0897. The zero-order valence-electron chi connectivity index (χ0n) is 17.3. The van der Waals surface area contributed by atoms with Crippen LogP contribution >= 0.6 is 0 Å². The molecule has 2 atom stereocenters. The van der Waals surface area contributed by atoms with Gasteiger partial charge in [-0.3, -0.25) is 0 Å². The van der Waals surface area contributed by atoms with E-state index in [4.69, 9.17) is 4.74 Å². The van der Waals surface area contributed by atoms with Gasteiger partial charge in [-0.2, -0.15) is 5.10 Å². The Morgan fingerprint density at radius 2 is 2.10 bits per heavy atom. The topological polar surface area (TPSA) is 76.8 Å². The van der Waals surface area contributed by atoms with Crippen LogP contribution in [0, 0.1) is 6.92 Å². The number of nitrogens with zero attached hydrogens (tertiary/aromatic N) is 3. The third kappa shape index (κ3) is 4.32. The van der Waals surface area contributed by atoms with E-state index >= 15 is 0 Å². The minimum Gasteiger partial charge on any atom is -0.467 e. The number of aromatic nitrogens is 2. The monoisotopic (exact) mass is 401 g/mol. The van der Waals surface area contributed by atoms with E-state index in [9.17, 15) is 9.90 Å². The molecule has 0 radical (unpaired) electrons. The number of carbonyl (C=O) groups excluding carboxylic acids is 1. The van der Waals surface area contributed by atoms with Gasteiger partial charge in [0.15, 0.2) is 12.3 Å². The summed E-state index contributed by atoms with van der Waals surface area (Å²) >= 11 is 0. The Hall–Kier alpha value is -1.96. The predicted molar refractivity (Wildman–Crippen MR) is 110 cm³/mol. The van der Waals surface area contributed by atoms with Crippen molar-refractivity contribution in [2.24, 2.45) is 0 Å². The summed E-state index contributed by atoms with van der Waals surface area (Å²) < 4.78 is 12.6. The number of carbonyl (C=O) groups is 1. The predicted octanol–water partition coefficient (Wildman–Crippen LogP) is 2.76. The molecular weight excluding hydrogens is 370 g/mol. The van der Waals surface area contributed by atoms with Gasteiger partial charge in [-0.1, -0.05) is 0 Å². The second kappa shape index (κ2) is 8.81. The van der Waals surface area contributed by atoms with E-state index in [1.54, 1.807) is 0 Å². The molecule has 2 fully saturated rings. The lowest BCUT2D eigenvalue weighted by Gasteiger charge is -2.33. The fraction of sp³-hybridized carbons (Fsp3) is 0.636. The van der Waals surface area contributed by atoms with Crippen LogP contribution in [0.1, 0.15) is 55.4 Å². The number of hydrogen-bond acceptors (Lipinski definition) is 6. The average Bonchev–Trinajstić information content (AvgIpc) is 3.16. The van der Waals surface area contributed by atoms with Crippen molar-refractivity contribution in [2.45, 2.75) is 57.3 Å². The first-order valence-electron chi connectivity index (χ1n) is 10.6. The van der Waals surface area contributed by atoms with Gasteiger partial charge in [0.1, 0.15) is 0 Å². The highest BCUT2D eigenvalue weighted by molar-refractivity contribution is 5.80. The molecule has 7 nitrogen and oxygen atoms in total. The highest BCUT2D eigenvalue weighted by Crippen LogP contribution is 2.34. The molecule has 4 rings (SSSR count). The Bertz CT molecular complexity index is 851. The van der Waals surface area contributed by atoms with Crippen LogP contribution in [0.3, 0.4) is 0 Å². The lowest BCUT2D eigenvalue weighted by Crippen LogP contribution is -2.41. The maximum atomic E-state index is 11.5. The van der Waals surface area contributed by atoms with Crippen molar-refractivity contribution in [3.63, 3.8) is 0 Å². The summed E-state index contributed by atoms with van der Waals surface area (Å²) in [5, 5.41) is 15.7. The van der Waals surface area contributed by atoms with Crippen LogP contribution in [0.5, 0.6) is 0 Å². The molecule has 2 aliphatic heterocycles. The van der Waals surface area contributed by atoms with Crippen molar-refractivity contribution in [1.82, 2.24) is 14.7 Å². The lowest BCUT2D eigenvalue weighted by molar-refractivity contribution is -0.151. The maximum Gasteiger partial charge on any atom is 0.336 e. The number of likely N-dealkylation sites (tertiary alicyclic amines) is 1. The van der Waals surface area contributed by atoms with Gasteiger partial charge in [-0.15, -0.1) is 0 Å². The molecule has 3 heterocycles. The van der Waals surface area contributed by atoms with Gasteiger partial charge in [-0.25, -0.2) is 9.48 Å². The van der Waals surface area contributed by atoms with Gasteiger partial charge in [-0.05, 0) is 81.3 Å². The summed E-state index contributed by atoms with van der Waals surface area (Å²) in [4.78, 5) is 13.6. The molecule has 1 aromatic carbocycles. The average molecular weight is 402 g/mol. The van der Waals surface area contributed by atoms with E-state index in [2.05, 4.69) is 38.5 Å². The largest absolute Gasteiger partial charge is 0.467 e. The molecule has 1 N–H and O–H groups in total. The van der Waals surface area contributed by atoms with Gasteiger partial charge >= 0.3 is 5.97 Å². The summed E-state index contributed by atoms with van der Waals surface area (Å²) in [6, 6.07) is 4.55. The molecule has 2 saturated heterocycles. The second-order valence-electron chi connectivity index (χ2n) is 8.29. The van der Waals surface area contributed by atoms with Gasteiger partial charge in [0.2, 0.25) is 0 Å². The number of β-amino-alcohol motifs (C(OH)–C–C–N with tert-alkyl or cyclic N) is 1. The van der Waals surface area contributed by atoms with E-state index in [-0.39, 0.29) is 6.23 Å². The molecule has 0 bridgehead atoms. The van der Waals surface area contributed by atoms with Crippen molar-refractivity contribution >= 4 is 16.9 Å². The number of aryl methyl sites for hydroxylation is 1. The van der Waals surface area contributed by atoms with E-state index in [0.29, 0.717) is 12.5 Å². The highest BCUT2D eigenvalue weighted by Gasteiger charge is 2.27. The van der Waals surface area contributed by atoms with Gasteiger partial charge in [0.05, 0.1) is 18.8 Å². The highest BCUT2D eigenvalue weighted by atomic mass is 16.5. The quantitative estimate of drug-likeness (QED) is 0.777. The minimum atomic E-state index is -1.07. The molecule has 1 aromatic heterocycles. The van der Waals surface area contributed by atoms with Crippen LogP contribution in [0.4, 0.5) is 0 Å². The molecule has 158 valence electrons. The normalized spacial score (nSPS) is 22.7. The number of rotatable bonds is 5. The van der Waals surface area contributed by atoms with E-state index in [0.717, 1.165) is 50.9 Å². The van der Waals surface area contributed by atoms with Crippen LogP contribution in [-0.4, -0.2) is 65.2 Å². The molecule has 2 unspecified atom stereocenters. The molecular formula is C22H31N3O4. The van der Waals surface area contributed by atoms with Crippen molar-refractivity contribution < 1.29 is 19.4 Å². The summed E-state index contributed by atoms with van der Waals surface area (Å²) in [7, 11) is 1.31. The fourth-order valence-electron chi connectivity index (χ4n) is 4.69. The molecule has 0 spiro atoms. The summed E-state index contributed by atoms with van der Waals surface area (Å²) in [6.45, 7) is 5.04. The zero-order chi connectivity index (χ0) is 20.4. The Morgan fingerprint density at radius 3 is 2.79 bits per heavy atom. The van der Waals surface area contributed by atoms with Crippen molar-refractivity contribution in [3.05, 3.63) is 29.5 Å². The Kier molecular flexibility index (Phi) is 6.18. The number of methoxy groups -OCH3 is 1. The van der Waals surface area contributed by atoms with Crippen molar-refractivity contribution in [2.75, 3.05) is 33.4 Å². The molecule has 0 amide bonds. The minimum absolute atomic E-state index is 0.0402.